The Balaban J connectivity index is 1.26. The van der Waals surface area contributed by atoms with Gasteiger partial charge in [0.15, 0.2) is 0 Å². The van der Waals surface area contributed by atoms with Crippen LogP contribution in [0.1, 0.15) is 73.3 Å². The van der Waals surface area contributed by atoms with Gasteiger partial charge in [0.05, 0.1) is 49.4 Å². The Kier molecular flexibility index (Phi) is 14.0. The molecule has 0 saturated carbocycles. The van der Waals surface area contributed by atoms with Gasteiger partial charge in [-0.05, 0) is 70.5 Å². The van der Waals surface area contributed by atoms with Crippen molar-refractivity contribution in [3.05, 3.63) is 82.5 Å². The van der Waals surface area contributed by atoms with Crippen molar-refractivity contribution in [3.63, 3.8) is 0 Å². The van der Waals surface area contributed by atoms with Crippen molar-refractivity contribution in [1.82, 2.24) is 54.4 Å². The summed E-state index contributed by atoms with van der Waals surface area (Å²) >= 11 is 0. The number of rotatable bonds is 19. The van der Waals surface area contributed by atoms with Crippen molar-refractivity contribution in [2.45, 2.75) is 60.3 Å². The number of allylic oxidation sites excluding steroid dienone is 2. The molecular weight excluding hydrogens is 825 g/mol. The number of morpholine rings is 1. The lowest BCUT2D eigenvalue weighted by atomic mass is 10.1. The van der Waals surface area contributed by atoms with Gasteiger partial charge in [0.2, 0.25) is 17.8 Å². The third kappa shape index (κ3) is 9.75. The average Bonchev–Trinajstić information content (AvgIpc) is 4.05. The number of hydrazine groups is 1. The molecule has 1 aliphatic heterocycles. The number of methoxy groups -OCH3 is 1. The number of carbonyl (C=O) groups excluding carboxylic acids is 4. The molecule has 0 atom stereocenters. The standard InChI is InChI=1S/C43H54N14O7/c1-7-56-32(20-26(3)51-56)40(60)48-42-47-31-23-29(39(59)50-45-5)25-34(62-6)36(31)54(42)13-9-10-14-55-37-30(46-43(55)49-41(61)33-21-27(4)52-57(33)8-2)22-28(38(44)58)24-35(37)64-17-11-12-53-15-18-63-19-16-53/h9-10,20-25,45H,7-8,11-19H2,1-6H3,(H2,44,58)(H,50,59)(H,46,49,61)(H,47,48,60)/b10-9+. The molecule has 6 N–H and O–H groups in total. The van der Waals surface area contributed by atoms with Crippen molar-refractivity contribution in [2.75, 3.05) is 64.2 Å². The van der Waals surface area contributed by atoms with E-state index in [1.165, 1.54) is 7.11 Å². The van der Waals surface area contributed by atoms with Gasteiger partial charge in [-0.1, -0.05) is 12.2 Å². The van der Waals surface area contributed by atoms with E-state index in [1.807, 2.05) is 39.8 Å². The van der Waals surface area contributed by atoms with Gasteiger partial charge in [-0.15, -0.1) is 0 Å². The molecule has 1 fully saturated rings. The van der Waals surface area contributed by atoms with Crippen LogP contribution < -0.4 is 36.7 Å². The van der Waals surface area contributed by atoms with Crippen LogP contribution in [-0.2, 0) is 30.9 Å². The highest BCUT2D eigenvalue weighted by molar-refractivity contribution is 6.05. The number of hydrogen-bond donors (Lipinski definition) is 5. The quantitative estimate of drug-likeness (QED) is 0.0446. The number of amides is 4. The number of ether oxygens (including phenoxy) is 3. The Hall–Kier alpha value is -7.10. The van der Waals surface area contributed by atoms with E-state index in [-0.39, 0.29) is 36.1 Å². The minimum atomic E-state index is -0.655. The van der Waals surface area contributed by atoms with Gasteiger partial charge >= 0.3 is 0 Å². The summed E-state index contributed by atoms with van der Waals surface area (Å²) in [5.74, 6) is -0.786. The van der Waals surface area contributed by atoms with Gasteiger partial charge < -0.3 is 29.1 Å². The summed E-state index contributed by atoms with van der Waals surface area (Å²) in [6.45, 7) is 12.9. The molecule has 21 nitrogen and oxygen atoms in total. The number of benzene rings is 2. The predicted octanol–water partition coefficient (Wildman–Crippen LogP) is 3.27. The van der Waals surface area contributed by atoms with E-state index < -0.39 is 23.6 Å². The van der Waals surface area contributed by atoms with Crippen LogP contribution in [0.25, 0.3) is 22.1 Å². The smallest absolute Gasteiger partial charge is 0.276 e. The Labute approximate surface area is 368 Å². The Bertz CT molecular complexity index is 2720. The van der Waals surface area contributed by atoms with Crippen molar-refractivity contribution in [1.29, 1.82) is 0 Å². The number of carbonyl (C=O) groups is 4. The lowest BCUT2D eigenvalue weighted by molar-refractivity contribution is 0.0358. The lowest BCUT2D eigenvalue weighted by Gasteiger charge is -2.26. The second kappa shape index (κ2) is 19.9. The highest BCUT2D eigenvalue weighted by Crippen LogP contribution is 2.33. The number of nitrogens with two attached hydrogens (primary N) is 1. The minimum absolute atomic E-state index is 0.174. The van der Waals surface area contributed by atoms with Gasteiger partial charge in [-0.25, -0.2) is 15.4 Å². The first-order valence-corrected chi connectivity index (χ1v) is 21.1. The largest absolute Gasteiger partial charge is 0.494 e. The zero-order chi connectivity index (χ0) is 45.5. The molecule has 4 aromatic heterocycles. The molecule has 6 aromatic rings. The first-order valence-electron chi connectivity index (χ1n) is 21.1. The topological polar surface area (TPSA) is 245 Å². The number of nitrogens with zero attached hydrogens (tertiary/aromatic N) is 9. The van der Waals surface area contributed by atoms with E-state index in [0.717, 1.165) is 19.6 Å². The van der Waals surface area contributed by atoms with E-state index >= 15 is 0 Å². The van der Waals surface area contributed by atoms with Crippen LogP contribution in [0, 0.1) is 13.8 Å². The summed E-state index contributed by atoms with van der Waals surface area (Å²) in [4.78, 5) is 64.9. The molecule has 7 rings (SSSR count). The second-order valence-corrected chi connectivity index (χ2v) is 15.1. The fourth-order valence-corrected chi connectivity index (χ4v) is 7.66. The third-order valence-electron chi connectivity index (χ3n) is 10.7. The Morgan fingerprint density at radius 2 is 1.30 bits per heavy atom. The molecular formula is C43H54N14O7. The summed E-state index contributed by atoms with van der Waals surface area (Å²) in [6, 6.07) is 9.78. The molecule has 0 spiro atoms. The van der Waals surface area contributed by atoms with E-state index in [4.69, 9.17) is 29.9 Å². The number of primary amides is 1. The van der Waals surface area contributed by atoms with Crippen LogP contribution in [0.2, 0.25) is 0 Å². The number of aromatic nitrogens is 8. The summed E-state index contributed by atoms with van der Waals surface area (Å²) in [6.07, 6.45) is 4.45. The predicted molar refractivity (Wildman–Crippen MR) is 239 cm³/mol. The third-order valence-corrected chi connectivity index (χ3v) is 10.7. The van der Waals surface area contributed by atoms with Gasteiger partial charge in [0.25, 0.3) is 17.7 Å². The van der Waals surface area contributed by atoms with Gasteiger partial charge in [0.1, 0.15) is 33.9 Å². The molecule has 338 valence electrons. The number of anilines is 2. The van der Waals surface area contributed by atoms with Crippen LogP contribution in [0.4, 0.5) is 11.9 Å². The SMILES string of the molecule is CCn1nc(C)cc1C(=O)Nc1nc2cc(C(=O)NNC)cc(OC)c2n1C/C=C/Cn1c(NC(=O)c2cc(C)nn2CC)nc2cc(C(N)=O)cc(OCCCN3CCOCC3)c21. The number of nitrogens with one attached hydrogen (secondary N) is 4. The molecule has 0 radical (unpaired) electrons. The number of aryl methyl sites for hydroxylation is 4. The Morgan fingerprint density at radius 3 is 1.81 bits per heavy atom. The monoisotopic (exact) mass is 878 g/mol. The molecule has 2 aromatic carbocycles. The van der Waals surface area contributed by atoms with Crippen molar-refractivity contribution in [3.8, 4) is 11.5 Å². The molecule has 0 bridgehead atoms. The van der Waals surface area contributed by atoms with Crippen LogP contribution in [0.15, 0.2) is 48.6 Å². The molecule has 4 amide bonds. The fourth-order valence-electron chi connectivity index (χ4n) is 7.66. The normalized spacial score (nSPS) is 13.2. The summed E-state index contributed by atoms with van der Waals surface area (Å²) in [5, 5.41) is 14.8. The maximum Gasteiger partial charge on any atom is 0.276 e. The second-order valence-electron chi connectivity index (χ2n) is 15.1. The molecule has 0 aliphatic carbocycles. The first-order chi connectivity index (χ1) is 30.9. The highest BCUT2D eigenvalue weighted by atomic mass is 16.5. The number of hydrogen-bond acceptors (Lipinski definition) is 13. The summed E-state index contributed by atoms with van der Waals surface area (Å²) in [7, 11) is 3.07. The van der Waals surface area contributed by atoms with Gasteiger partial charge in [-0.3, -0.25) is 49.5 Å². The number of fused-ring (bicyclic) bond motifs is 2. The van der Waals surface area contributed by atoms with Crippen molar-refractivity contribution in [2.24, 2.45) is 5.73 Å². The maximum absolute atomic E-state index is 13.8. The Morgan fingerprint density at radius 1 is 0.766 bits per heavy atom. The summed E-state index contributed by atoms with van der Waals surface area (Å²) in [5.41, 5.74) is 15.4. The molecule has 0 unspecified atom stereocenters. The van der Waals surface area contributed by atoms with E-state index in [1.54, 1.807) is 61.9 Å². The number of imidazole rings is 2. The van der Waals surface area contributed by atoms with Gasteiger partial charge in [-0.2, -0.15) is 10.2 Å². The molecule has 1 aliphatic rings. The fraction of sp³-hybridized carbons (Fsp3) is 0.395. The summed E-state index contributed by atoms with van der Waals surface area (Å²) < 4.78 is 24.4. The highest BCUT2D eigenvalue weighted by Gasteiger charge is 2.24. The molecule has 21 heteroatoms. The van der Waals surface area contributed by atoms with Crippen molar-refractivity contribution >= 4 is 57.6 Å². The minimum Gasteiger partial charge on any atom is -0.494 e. The maximum atomic E-state index is 13.8. The van der Waals surface area contributed by atoms with E-state index in [0.29, 0.717) is 95.7 Å². The van der Waals surface area contributed by atoms with E-state index in [2.05, 4.69) is 36.6 Å². The molecule has 1 saturated heterocycles. The van der Waals surface area contributed by atoms with Gasteiger partial charge in [0, 0.05) is 64.0 Å². The van der Waals surface area contributed by atoms with Crippen LogP contribution in [0.3, 0.4) is 0 Å². The zero-order valence-corrected chi connectivity index (χ0v) is 36.9. The molecule has 5 heterocycles. The van der Waals surface area contributed by atoms with Crippen LogP contribution >= 0.6 is 0 Å². The van der Waals surface area contributed by atoms with E-state index in [9.17, 15) is 19.2 Å². The van der Waals surface area contributed by atoms with Crippen LogP contribution in [-0.4, -0.2) is 121 Å². The first kappa shape index (κ1) is 44.9. The lowest BCUT2D eigenvalue weighted by Crippen LogP contribution is -2.37. The van der Waals surface area contributed by atoms with Crippen LogP contribution in [0.5, 0.6) is 11.5 Å². The molecule has 64 heavy (non-hydrogen) atoms. The zero-order valence-electron chi connectivity index (χ0n) is 36.9. The average molecular weight is 879 g/mol. The van der Waals surface area contributed by atoms with Crippen molar-refractivity contribution < 1.29 is 33.4 Å².